The van der Waals surface area contributed by atoms with Crippen LogP contribution in [0.5, 0.6) is 0 Å². The van der Waals surface area contributed by atoms with Gasteiger partial charge in [0.25, 0.3) is 0 Å². The molecular weight excluding hydrogens is 671 g/mol. The van der Waals surface area contributed by atoms with Crippen LogP contribution in [-0.2, 0) is 43.4 Å². The van der Waals surface area contributed by atoms with Gasteiger partial charge in [0, 0.05) is 8.74 Å². The average molecular weight is 718 g/mol. The summed E-state index contributed by atoms with van der Waals surface area (Å²) in [5.74, 6) is 2.37. The standard InChI is InChI=1S/2C16H23SSi.2ClH.2Ti/c2*1-5-17-16(13-9-8-10-14(16)2)18(3,4)15-11-6-7-12-15;;;;/h2*6,8-11H,5,7,13H2,1-4H3;2*1H;;/q2*-1;;;2*+2/p-2. The Balaban J connectivity index is 0. The molecule has 0 heterocycles. The van der Waals surface area contributed by atoms with Gasteiger partial charge in [0.15, 0.2) is 0 Å². The van der Waals surface area contributed by atoms with E-state index in [2.05, 4.69) is 150 Å². The molecule has 0 aromatic heterocycles. The van der Waals surface area contributed by atoms with Crippen LogP contribution in [-0.4, -0.2) is 36.4 Å². The fraction of sp³-hybridized carbons (Fsp3) is 0.500. The first kappa shape index (κ1) is 43.2. The Bertz CT molecular complexity index is 987. The largest absolute Gasteiger partial charge is 2.00 e. The van der Waals surface area contributed by atoms with Crippen LogP contribution in [0.3, 0.4) is 0 Å². The van der Waals surface area contributed by atoms with Crippen LogP contribution < -0.4 is 24.8 Å². The van der Waals surface area contributed by atoms with E-state index in [0.717, 1.165) is 12.8 Å². The Kier molecular flexibility index (Phi) is 20.3. The SMILES string of the molecule is CCSC1([Si](C)(C)C2=[C-]CC=C2)CC=CC=C1C.CCSC1([Si](C)(C)C2=[C-]CC=C2)CC=CC=C1C.[Cl-].[Cl-].[Ti+2].[Ti+2]. The Morgan fingerprint density at radius 1 is 0.675 bits per heavy atom. The maximum atomic E-state index is 3.60. The quantitative estimate of drug-likeness (QED) is 0.278. The molecule has 0 aromatic carbocycles. The summed E-state index contributed by atoms with van der Waals surface area (Å²) in [6, 6.07) is 0. The van der Waals surface area contributed by atoms with Gasteiger partial charge >= 0.3 is 43.4 Å². The van der Waals surface area contributed by atoms with E-state index in [-0.39, 0.29) is 68.2 Å². The van der Waals surface area contributed by atoms with Gasteiger partial charge in [0.1, 0.15) is 0 Å². The second-order valence-electron chi connectivity index (χ2n) is 11.1. The fourth-order valence-corrected chi connectivity index (χ4v) is 19.1. The van der Waals surface area contributed by atoms with Crippen molar-refractivity contribution in [1.82, 2.24) is 0 Å². The van der Waals surface area contributed by atoms with E-state index >= 15 is 0 Å². The minimum Gasteiger partial charge on any atom is -1.00 e. The van der Waals surface area contributed by atoms with E-state index in [1.54, 1.807) is 11.1 Å². The van der Waals surface area contributed by atoms with Gasteiger partial charge < -0.3 is 24.8 Å². The Morgan fingerprint density at radius 2 is 1.02 bits per heavy atom. The number of allylic oxidation sites excluding steroid dienone is 14. The molecule has 0 aliphatic heterocycles. The van der Waals surface area contributed by atoms with Gasteiger partial charge in [-0.2, -0.15) is 35.7 Å². The molecular formula is C32H46Cl2S2Si2Ti2. The van der Waals surface area contributed by atoms with Crippen molar-refractivity contribution in [3.63, 3.8) is 0 Å². The van der Waals surface area contributed by atoms with Crippen LogP contribution in [0.2, 0.25) is 26.2 Å². The number of hydrogen-bond acceptors (Lipinski definition) is 2. The first-order valence-corrected chi connectivity index (χ1v) is 21.6. The predicted molar refractivity (Wildman–Crippen MR) is 173 cm³/mol. The normalized spacial score (nSPS) is 24.6. The molecule has 0 N–H and O–H groups in total. The first-order chi connectivity index (χ1) is 17.1. The van der Waals surface area contributed by atoms with Gasteiger partial charge in [-0.25, -0.2) is 22.5 Å². The van der Waals surface area contributed by atoms with Crippen molar-refractivity contribution in [2.24, 2.45) is 0 Å². The first-order valence-electron chi connectivity index (χ1n) is 13.6. The zero-order valence-corrected chi connectivity index (χ0v) is 33.9. The van der Waals surface area contributed by atoms with E-state index in [1.165, 1.54) is 34.7 Å². The third kappa shape index (κ3) is 8.61. The van der Waals surface area contributed by atoms with Crippen molar-refractivity contribution >= 4 is 39.7 Å². The molecule has 0 fully saturated rings. The molecule has 4 aliphatic carbocycles. The molecule has 0 radical (unpaired) electrons. The second-order valence-corrected chi connectivity index (χ2v) is 24.3. The molecule has 0 amide bonds. The van der Waals surface area contributed by atoms with Gasteiger partial charge in [0.2, 0.25) is 0 Å². The van der Waals surface area contributed by atoms with Crippen LogP contribution in [0, 0.1) is 12.2 Å². The van der Waals surface area contributed by atoms with Crippen LogP contribution in [0.1, 0.15) is 53.4 Å². The van der Waals surface area contributed by atoms with Gasteiger partial charge in [-0.3, -0.25) is 12.2 Å². The number of rotatable bonds is 8. The van der Waals surface area contributed by atoms with Crippen LogP contribution in [0.25, 0.3) is 0 Å². The summed E-state index contributed by atoms with van der Waals surface area (Å²) in [6.45, 7) is 19.3. The minimum absolute atomic E-state index is 0. The fourth-order valence-electron chi connectivity index (χ4n) is 6.28. The summed E-state index contributed by atoms with van der Waals surface area (Å²) in [4.78, 5) is 0. The predicted octanol–water partition coefficient (Wildman–Crippen LogP) is 3.72. The summed E-state index contributed by atoms with van der Waals surface area (Å²) < 4.78 is 0.654. The van der Waals surface area contributed by atoms with Crippen LogP contribution in [0.4, 0.5) is 0 Å². The Labute approximate surface area is 299 Å². The third-order valence-corrected chi connectivity index (χ3v) is 23.7. The molecule has 8 heteroatoms. The van der Waals surface area contributed by atoms with Gasteiger partial charge in [0.05, 0.1) is 16.1 Å². The zero-order chi connectivity index (χ0) is 26.5. The molecule has 4 aliphatic rings. The molecule has 0 aromatic rings. The monoisotopic (exact) mass is 716 g/mol. The van der Waals surface area contributed by atoms with Crippen molar-refractivity contribution in [2.75, 3.05) is 11.5 Å². The number of hydrogen-bond donors (Lipinski definition) is 0. The molecule has 2 unspecified atom stereocenters. The van der Waals surface area contributed by atoms with E-state index in [9.17, 15) is 0 Å². The molecule has 0 saturated heterocycles. The molecule has 0 bridgehead atoms. The molecule has 2 atom stereocenters. The van der Waals surface area contributed by atoms with Crippen LogP contribution in [0.15, 0.2) is 82.3 Å². The van der Waals surface area contributed by atoms with Crippen molar-refractivity contribution in [3.05, 3.63) is 94.5 Å². The van der Waals surface area contributed by atoms with Gasteiger partial charge in [-0.15, -0.1) is 12.8 Å². The van der Waals surface area contributed by atoms with Gasteiger partial charge in [-0.05, 0) is 38.2 Å². The maximum absolute atomic E-state index is 3.60. The average Bonchev–Trinajstić information content (AvgIpc) is 3.58. The second kappa shape index (κ2) is 18.8. The Morgan fingerprint density at radius 3 is 1.27 bits per heavy atom. The molecule has 216 valence electrons. The topological polar surface area (TPSA) is 0 Å². The van der Waals surface area contributed by atoms with Crippen molar-refractivity contribution < 1.29 is 68.2 Å². The number of thioether (sulfide) groups is 2. The third-order valence-electron chi connectivity index (χ3n) is 8.59. The maximum Gasteiger partial charge on any atom is 2.00 e. The van der Waals surface area contributed by atoms with E-state index in [4.69, 9.17) is 0 Å². The smallest absolute Gasteiger partial charge is 1.00 e. The van der Waals surface area contributed by atoms with E-state index in [1.807, 2.05) is 0 Å². The number of halogens is 2. The van der Waals surface area contributed by atoms with Crippen molar-refractivity contribution in [1.29, 1.82) is 0 Å². The van der Waals surface area contributed by atoms with Gasteiger partial charge in [-0.1, -0.05) is 87.6 Å². The molecule has 40 heavy (non-hydrogen) atoms. The summed E-state index contributed by atoms with van der Waals surface area (Å²) in [6.07, 6.45) is 34.5. The van der Waals surface area contributed by atoms with Crippen LogP contribution >= 0.6 is 23.5 Å². The summed E-state index contributed by atoms with van der Waals surface area (Å²) >= 11 is 4.30. The molecule has 0 saturated carbocycles. The molecule has 0 spiro atoms. The minimum atomic E-state index is -1.54. The summed E-state index contributed by atoms with van der Waals surface area (Å²) in [7, 11) is -3.08. The van der Waals surface area contributed by atoms with E-state index in [0.29, 0.717) is 8.74 Å². The summed E-state index contributed by atoms with van der Waals surface area (Å²) in [5.41, 5.74) is 3.12. The molecule has 0 nitrogen and oxygen atoms in total. The van der Waals surface area contributed by atoms with E-state index < -0.39 is 16.1 Å². The van der Waals surface area contributed by atoms with Crippen molar-refractivity contribution in [3.8, 4) is 0 Å². The Hall–Kier alpha value is 1.06. The van der Waals surface area contributed by atoms with Crippen molar-refractivity contribution in [2.45, 2.75) is 88.3 Å². The zero-order valence-electron chi connectivity index (χ0n) is 25.6. The molecule has 4 rings (SSSR count). The summed E-state index contributed by atoms with van der Waals surface area (Å²) in [5, 5.41) is 3.04.